The lowest BCUT2D eigenvalue weighted by molar-refractivity contribution is -0.144. The molecule has 3 rings (SSSR count). The normalized spacial score (nSPS) is 23.6. The van der Waals surface area contributed by atoms with E-state index >= 15 is 0 Å². The van der Waals surface area contributed by atoms with E-state index < -0.39 is 69.1 Å². The molecule has 1 unspecified atom stereocenters. The molecule has 0 radical (unpaired) electrons. The number of nitrogens with one attached hydrogen (secondary N) is 4. The van der Waals surface area contributed by atoms with Gasteiger partial charge in [0, 0.05) is 31.7 Å². The summed E-state index contributed by atoms with van der Waals surface area (Å²) in [5, 5.41) is 11.1. The molecule has 5 amide bonds. The third-order valence-electron chi connectivity index (χ3n) is 10.2. The van der Waals surface area contributed by atoms with E-state index in [0.717, 1.165) is 19.1 Å². The molecule has 0 spiro atoms. The fourth-order valence-electron chi connectivity index (χ4n) is 6.88. The van der Waals surface area contributed by atoms with Crippen molar-refractivity contribution in [3.8, 4) is 0 Å². The van der Waals surface area contributed by atoms with Crippen LogP contribution in [0, 0.1) is 34.5 Å². The molecular formula is C34H58N6O7S. The summed E-state index contributed by atoms with van der Waals surface area (Å²) in [7, 11) is -3.55. The number of piperidine rings is 1. The molecule has 13 nitrogen and oxygen atoms in total. The second-order valence-corrected chi connectivity index (χ2v) is 18.1. The van der Waals surface area contributed by atoms with E-state index in [1.807, 2.05) is 20.8 Å². The number of sulfonamides is 1. The van der Waals surface area contributed by atoms with Crippen LogP contribution in [0.5, 0.6) is 0 Å². The first-order valence-corrected chi connectivity index (χ1v) is 18.9. The van der Waals surface area contributed by atoms with E-state index in [9.17, 15) is 32.4 Å². The number of Topliss-reactive ketones (excluding diaryl/α,β-unsaturated/α-hetero) is 1. The van der Waals surface area contributed by atoms with Gasteiger partial charge in [-0.15, -0.1) is 6.58 Å². The average molecular weight is 695 g/mol. The Morgan fingerprint density at radius 1 is 1.02 bits per heavy atom. The van der Waals surface area contributed by atoms with Crippen molar-refractivity contribution in [3.63, 3.8) is 0 Å². The highest BCUT2D eigenvalue weighted by atomic mass is 32.2. The molecule has 4 N–H and O–H groups in total. The average Bonchev–Trinajstić information content (AvgIpc) is 3.81. The minimum atomic E-state index is -3.55. The van der Waals surface area contributed by atoms with Gasteiger partial charge < -0.3 is 26.2 Å². The number of rotatable bonds is 16. The van der Waals surface area contributed by atoms with Crippen molar-refractivity contribution in [3.05, 3.63) is 12.7 Å². The van der Waals surface area contributed by atoms with E-state index in [0.29, 0.717) is 13.0 Å². The number of carbonyl (C=O) groups is 5. The van der Waals surface area contributed by atoms with Crippen LogP contribution in [0.25, 0.3) is 0 Å². The van der Waals surface area contributed by atoms with Gasteiger partial charge in [0.05, 0.1) is 12.3 Å². The zero-order valence-corrected chi connectivity index (χ0v) is 31.2. The van der Waals surface area contributed by atoms with Crippen LogP contribution in [0.1, 0.15) is 81.6 Å². The monoisotopic (exact) mass is 694 g/mol. The summed E-state index contributed by atoms with van der Waals surface area (Å²) in [4.78, 5) is 68.8. The molecule has 0 bridgehead atoms. The van der Waals surface area contributed by atoms with Crippen molar-refractivity contribution in [2.24, 2.45) is 34.5 Å². The molecular weight excluding hydrogens is 636 g/mol. The van der Waals surface area contributed by atoms with E-state index in [4.69, 9.17) is 0 Å². The summed E-state index contributed by atoms with van der Waals surface area (Å²) in [5.74, 6) is -2.58. The fourth-order valence-corrected chi connectivity index (χ4v) is 8.06. The Kier molecular flexibility index (Phi) is 12.2. The van der Waals surface area contributed by atoms with Crippen LogP contribution in [-0.2, 0) is 29.2 Å². The summed E-state index contributed by atoms with van der Waals surface area (Å²) >= 11 is 0. The molecule has 1 aliphatic heterocycles. The highest BCUT2D eigenvalue weighted by Gasteiger charge is 2.69. The first-order valence-electron chi connectivity index (χ1n) is 17.1. The van der Waals surface area contributed by atoms with Crippen LogP contribution >= 0.6 is 0 Å². The Morgan fingerprint density at radius 3 is 2.10 bits per heavy atom. The second-order valence-electron chi connectivity index (χ2n) is 16.2. The van der Waals surface area contributed by atoms with Gasteiger partial charge in [-0.25, -0.2) is 13.2 Å². The molecule has 3 aliphatic rings. The highest BCUT2D eigenvalue weighted by Crippen LogP contribution is 2.65. The fraction of sp³-hybridized carbons (Fsp3) is 0.794. The molecule has 2 aliphatic carbocycles. The van der Waals surface area contributed by atoms with Crippen LogP contribution in [-0.4, -0.2) is 103 Å². The number of fused-ring (bicyclic) bond motifs is 1. The van der Waals surface area contributed by atoms with Crippen LogP contribution in [0.4, 0.5) is 4.79 Å². The molecule has 48 heavy (non-hydrogen) atoms. The second kappa shape index (κ2) is 14.9. The van der Waals surface area contributed by atoms with Gasteiger partial charge in [-0.3, -0.25) is 19.2 Å². The van der Waals surface area contributed by atoms with Gasteiger partial charge in [0.1, 0.15) is 12.1 Å². The molecule has 14 heteroatoms. The zero-order valence-electron chi connectivity index (χ0n) is 30.4. The van der Waals surface area contributed by atoms with Gasteiger partial charge in [0.2, 0.25) is 27.6 Å². The maximum Gasteiger partial charge on any atom is 0.315 e. The van der Waals surface area contributed by atoms with Crippen molar-refractivity contribution in [2.45, 2.75) is 112 Å². The zero-order chi connectivity index (χ0) is 36.5. The molecule has 0 aromatic heterocycles. The maximum absolute atomic E-state index is 14.2. The van der Waals surface area contributed by atoms with Gasteiger partial charge >= 0.3 is 6.03 Å². The quantitative estimate of drug-likeness (QED) is 0.141. The number of amides is 5. The molecule has 0 aromatic carbocycles. The lowest BCUT2D eigenvalue weighted by atomic mass is 9.86. The highest BCUT2D eigenvalue weighted by molar-refractivity contribution is 7.88. The molecule has 6 atom stereocenters. The molecule has 272 valence electrons. The molecule has 3 fully saturated rings. The maximum atomic E-state index is 14.2. The standard InChI is InChI=1S/C34H58N6O7S/c1-12-15-35-30(43)28(41)23(16-21-13-14-21)36-29(42)27-25-22(34(25,9)10)17-39(27)31(44)26(19(2)3)38-32(45)37-24(33(6,7)8)18-40(20(4)5)48(11,46)47/h12,19-27H,1,13-18H2,2-11H3,(H,35,43)(H,36,42)(H2,37,38,45)/t22-,23?,24+,25-,26-,27-/m0/s1. The van der Waals surface area contributed by atoms with Gasteiger partial charge in [-0.05, 0) is 54.8 Å². The van der Waals surface area contributed by atoms with Crippen molar-refractivity contribution < 1.29 is 32.4 Å². The lowest BCUT2D eigenvalue weighted by Gasteiger charge is -2.37. The third-order valence-corrected chi connectivity index (χ3v) is 11.6. The van der Waals surface area contributed by atoms with E-state index in [1.165, 1.54) is 15.3 Å². The van der Waals surface area contributed by atoms with Crippen LogP contribution in [0.2, 0.25) is 0 Å². The summed E-state index contributed by atoms with van der Waals surface area (Å²) in [6.45, 7) is 21.0. The Bertz CT molecular complexity index is 1370. The Morgan fingerprint density at radius 2 is 1.62 bits per heavy atom. The van der Waals surface area contributed by atoms with Gasteiger partial charge in [0.25, 0.3) is 5.91 Å². The van der Waals surface area contributed by atoms with Gasteiger partial charge in [0.15, 0.2) is 0 Å². The minimum Gasteiger partial charge on any atom is -0.346 e. The largest absolute Gasteiger partial charge is 0.346 e. The van der Waals surface area contributed by atoms with Crippen LogP contribution < -0.4 is 21.3 Å². The molecule has 1 saturated heterocycles. The minimum absolute atomic E-state index is 0.0485. The first kappa shape index (κ1) is 39.4. The summed E-state index contributed by atoms with van der Waals surface area (Å²) < 4.78 is 26.3. The van der Waals surface area contributed by atoms with E-state index in [2.05, 4.69) is 41.7 Å². The van der Waals surface area contributed by atoms with Crippen molar-refractivity contribution >= 4 is 39.6 Å². The van der Waals surface area contributed by atoms with E-state index in [-0.39, 0.29) is 48.2 Å². The predicted octanol–water partition coefficient (Wildman–Crippen LogP) is 2.03. The van der Waals surface area contributed by atoms with Crippen LogP contribution in [0.15, 0.2) is 12.7 Å². The topological polar surface area (TPSA) is 174 Å². The lowest BCUT2D eigenvalue weighted by Crippen LogP contribution is -2.61. The number of hydrogen-bond acceptors (Lipinski definition) is 7. The van der Waals surface area contributed by atoms with Crippen molar-refractivity contribution in [1.29, 1.82) is 0 Å². The predicted molar refractivity (Wildman–Crippen MR) is 184 cm³/mol. The number of ketones is 1. The SMILES string of the molecule is C=CCNC(=O)C(=O)C(CC1CC1)NC(=O)[C@@H]1[C@@H]2[C@H](CN1C(=O)[C@@H](NC(=O)N[C@H](CN(C(C)C)S(C)(=O)=O)C(C)(C)C)C(C)C)C2(C)C. The molecule has 1 heterocycles. The van der Waals surface area contributed by atoms with E-state index in [1.54, 1.807) is 27.7 Å². The Balaban J connectivity index is 1.81. The smallest absolute Gasteiger partial charge is 0.315 e. The Labute approximate surface area is 286 Å². The molecule has 2 saturated carbocycles. The number of likely N-dealkylation sites (tertiary alicyclic amines) is 1. The summed E-state index contributed by atoms with van der Waals surface area (Å²) in [5.41, 5.74) is -0.718. The number of hydrogen-bond donors (Lipinski definition) is 4. The van der Waals surface area contributed by atoms with Crippen molar-refractivity contribution in [2.75, 3.05) is 25.9 Å². The summed E-state index contributed by atoms with van der Waals surface area (Å²) in [6.07, 6.45) is 4.79. The van der Waals surface area contributed by atoms with Crippen LogP contribution in [0.3, 0.4) is 0 Å². The summed E-state index contributed by atoms with van der Waals surface area (Å²) in [6, 6.07) is -4.39. The Hall–Kier alpha value is -3.00. The van der Waals surface area contributed by atoms with Gasteiger partial charge in [-0.1, -0.05) is 67.4 Å². The third kappa shape index (κ3) is 9.36. The number of nitrogens with zero attached hydrogens (tertiary/aromatic N) is 2. The number of carbonyl (C=O) groups excluding carboxylic acids is 5. The van der Waals surface area contributed by atoms with Crippen molar-refractivity contribution in [1.82, 2.24) is 30.5 Å². The first-order chi connectivity index (χ1) is 22.0. The number of urea groups is 1. The molecule has 0 aromatic rings. The van der Waals surface area contributed by atoms with Gasteiger partial charge in [-0.2, -0.15) is 4.31 Å².